The van der Waals surface area contributed by atoms with Crippen molar-refractivity contribution < 1.29 is 14.6 Å². The van der Waals surface area contributed by atoms with Gasteiger partial charge in [-0.25, -0.2) is 0 Å². The number of benzene rings is 1. The number of aliphatic hydroxyl groups excluding tert-OH is 1. The summed E-state index contributed by atoms with van der Waals surface area (Å²) in [6, 6.07) is 7.60. The molecular formula is C15H21NO3. The Hall–Kier alpha value is -1.39. The second-order valence-electron chi connectivity index (χ2n) is 5.02. The molecule has 19 heavy (non-hydrogen) atoms. The molecule has 1 amide bonds. The lowest BCUT2D eigenvalue weighted by atomic mass is 9.94. The van der Waals surface area contributed by atoms with Gasteiger partial charge in [-0.1, -0.05) is 24.3 Å². The monoisotopic (exact) mass is 263 g/mol. The molecule has 4 heteroatoms. The van der Waals surface area contributed by atoms with E-state index in [2.05, 4.69) is 5.32 Å². The van der Waals surface area contributed by atoms with Gasteiger partial charge in [0.15, 0.2) is 0 Å². The Kier molecular flexibility index (Phi) is 4.93. The van der Waals surface area contributed by atoms with Crippen LogP contribution in [0.2, 0.25) is 0 Å². The zero-order chi connectivity index (χ0) is 13.7. The van der Waals surface area contributed by atoms with Crippen LogP contribution in [0.25, 0.3) is 0 Å². The quantitative estimate of drug-likeness (QED) is 0.867. The molecule has 0 saturated carbocycles. The standard InChI is InChI=1S/C15H21NO3/c1-11-14(6-3-7-19-11)15(18)16-9-12-4-2-5-13(8-12)10-17/h2,4-5,8,11,14,17H,3,6-7,9-10H2,1H3,(H,16,18). The first kappa shape index (κ1) is 14.0. The molecule has 0 aromatic heterocycles. The zero-order valence-corrected chi connectivity index (χ0v) is 11.3. The van der Waals surface area contributed by atoms with Crippen LogP contribution in [0, 0.1) is 5.92 Å². The van der Waals surface area contributed by atoms with Gasteiger partial charge >= 0.3 is 0 Å². The molecule has 0 bridgehead atoms. The van der Waals surface area contributed by atoms with E-state index in [0.29, 0.717) is 6.54 Å². The fourth-order valence-corrected chi connectivity index (χ4v) is 2.43. The molecule has 2 rings (SSSR count). The fourth-order valence-electron chi connectivity index (χ4n) is 2.43. The van der Waals surface area contributed by atoms with Crippen molar-refractivity contribution in [1.82, 2.24) is 5.32 Å². The summed E-state index contributed by atoms with van der Waals surface area (Å²) < 4.78 is 5.51. The molecule has 1 fully saturated rings. The van der Waals surface area contributed by atoms with E-state index in [0.717, 1.165) is 30.6 Å². The number of carbonyl (C=O) groups excluding carboxylic acids is 1. The van der Waals surface area contributed by atoms with Crippen LogP contribution >= 0.6 is 0 Å². The Morgan fingerprint density at radius 3 is 3.00 bits per heavy atom. The number of nitrogens with one attached hydrogen (secondary N) is 1. The van der Waals surface area contributed by atoms with Crippen LogP contribution in [0.3, 0.4) is 0 Å². The van der Waals surface area contributed by atoms with Crippen LogP contribution in [0.1, 0.15) is 30.9 Å². The van der Waals surface area contributed by atoms with E-state index in [-0.39, 0.29) is 24.5 Å². The van der Waals surface area contributed by atoms with Crippen molar-refractivity contribution in [2.75, 3.05) is 6.61 Å². The summed E-state index contributed by atoms with van der Waals surface area (Å²) in [6.45, 7) is 3.23. The molecular weight excluding hydrogens is 242 g/mol. The van der Waals surface area contributed by atoms with Gasteiger partial charge in [0.2, 0.25) is 5.91 Å². The van der Waals surface area contributed by atoms with Crippen LogP contribution in [-0.4, -0.2) is 23.7 Å². The number of aliphatic hydroxyl groups is 1. The average molecular weight is 263 g/mol. The van der Waals surface area contributed by atoms with Gasteiger partial charge in [0.1, 0.15) is 0 Å². The molecule has 1 aromatic carbocycles. The van der Waals surface area contributed by atoms with Crippen LogP contribution in [0.4, 0.5) is 0 Å². The zero-order valence-electron chi connectivity index (χ0n) is 11.3. The van der Waals surface area contributed by atoms with Crippen molar-refractivity contribution in [1.29, 1.82) is 0 Å². The molecule has 4 nitrogen and oxygen atoms in total. The SMILES string of the molecule is CC1OCCCC1C(=O)NCc1cccc(CO)c1. The number of hydrogen-bond acceptors (Lipinski definition) is 3. The van der Waals surface area contributed by atoms with E-state index >= 15 is 0 Å². The molecule has 0 spiro atoms. The van der Waals surface area contributed by atoms with E-state index in [1.807, 2.05) is 31.2 Å². The molecule has 1 saturated heterocycles. The average Bonchev–Trinajstić information content (AvgIpc) is 2.45. The highest BCUT2D eigenvalue weighted by Gasteiger charge is 2.28. The van der Waals surface area contributed by atoms with Gasteiger partial charge in [-0.3, -0.25) is 4.79 Å². The van der Waals surface area contributed by atoms with Crippen LogP contribution < -0.4 is 5.32 Å². The molecule has 104 valence electrons. The second-order valence-corrected chi connectivity index (χ2v) is 5.02. The maximum atomic E-state index is 12.1. The Bertz CT molecular complexity index is 433. The van der Waals surface area contributed by atoms with Crippen LogP contribution in [0.15, 0.2) is 24.3 Å². The van der Waals surface area contributed by atoms with E-state index in [4.69, 9.17) is 9.84 Å². The largest absolute Gasteiger partial charge is 0.392 e. The van der Waals surface area contributed by atoms with E-state index in [9.17, 15) is 4.79 Å². The number of carbonyl (C=O) groups is 1. The molecule has 1 aromatic rings. The summed E-state index contributed by atoms with van der Waals surface area (Å²) in [5.41, 5.74) is 1.87. The maximum absolute atomic E-state index is 12.1. The van der Waals surface area contributed by atoms with Gasteiger partial charge in [-0.2, -0.15) is 0 Å². The molecule has 2 atom stereocenters. The van der Waals surface area contributed by atoms with Gasteiger partial charge in [0.25, 0.3) is 0 Å². The van der Waals surface area contributed by atoms with Crippen molar-refractivity contribution in [3.63, 3.8) is 0 Å². The van der Waals surface area contributed by atoms with Crippen LogP contribution in [-0.2, 0) is 22.7 Å². The summed E-state index contributed by atoms with van der Waals surface area (Å²) in [5.74, 6) is 0.0105. The molecule has 1 aliphatic rings. The summed E-state index contributed by atoms with van der Waals surface area (Å²) >= 11 is 0. The minimum Gasteiger partial charge on any atom is -0.392 e. The third-order valence-corrected chi connectivity index (χ3v) is 3.58. The first-order chi connectivity index (χ1) is 9.20. The molecule has 1 aliphatic heterocycles. The van der Waals surface area contributed by atoms with Crippen molar-refractivity contribution >= 4 is 5.91 Å². The molecule has 2 N–H and O–H groups in total. The summed E-state index contributed by atoms with van der Waals surface area (Å²) in [4.78, 5) is 12.1. The Labute approximate surface area is 113 Å². The number of hydrogen-bond donors (Lipinski definition) is 2. The third-order valence-electron chi connectivity index (χ3n) is 3.58. The van der Waals surface area contributed by atoms with E-state index in [1.54, 1.807) is 0 Å². The third kappa shape index (κ3) is 3.78. The smallest absolute Gasteiger partial charge is 0.225 e. The molecule has 0 aliphatic carbocycles. The Balaban J connectivity index is 1.88. The summed E-state index contributed by atoms with van der Waals surface area (Å²) in [7, 11) is 0. The highest BCUT2D eigenvalue weighted by Crippen LogP contribution is 2.20. The van der Waals surface area contributed by atoms with Crippen LogP contribution in [0.5, 0.6) is 0 Å². The molecule has 2 unspecified atom stereocenters. The normalized spacial score (nSPS) is 23.1. The molecule has 1 heterocycles. The number of amides is 1. The van der Waals surface area contributed by atoms with Crippen molar-refractivity contribution in [2.45, 2.75) is 39.0 Å². The van der Waals surface area contributed by atoms with E-state index in [1.165, 1.54) is 0 Å². The van der Waals surface area contributed by atoms with Gasteiger partial charge in [0, 0.05) is 13.2 Å². The maximum Gasteiger partial charge on any atom is 0.225 e. The number of rotatable bonds is 4. The van der Waals surface area contributed by atoms with Gasteiger partial charge in [-0.05, 0) is 30.9 Å². The number of ether oxygens (including phenoxy) is 1. The first-order valence-electron chi connectivity index (χ1n) is 6.78. The minimum atomic E-state index is -0.0465. The van der Waals surface area contributed by atoms with Gasteiger partial charge in [0.05, 0.1) is 18.6 Å². The lowest BCUT2D eigenvalue weighted by Gasteiger charge is -2.28. The van der Waals surface area contributed by atoms with Crippen molar-refractivity contribution in [3.8, 4) is 0 Å². The summed E-state index contributed by atoms with van der Waals surface area (Å²) in [6.07, 6.45) is 1.84. The predicted molar refractivity (Wildman–Crippen MR) is 72.3 cm³/mol. The lowest BCUT2D eigenvalue weighted by molar-refractivity contribution is -0.133. The Morgan fingerprint density at radius 2 is 2.26 bits per heavy atom. The molecule has 0 radical (unpaired) electrons. The highest BCUT2D eigenvalue weighted by atomic mass is 16.5. The minimum absolute atomic E-state index is 0.00229. The first-order valence-corrected chi connectivity index (χ1v) is 6.78. The predicted octanol–water partition coefficient (Wildman–Crippen LogP) is 1.61. The Morgan fingerprint density at radius 1 is 1.47 bits per heavy atom. The van der Waals surface area contributed by atoms with E-state index < -0.39 is 0 Å². The van der Waals surface area contributed by atoms with Gasteiger partial charge in [-0.15, -0.1) is 0 Å². The fraction of sp³-hybridized carbons (Fsp3) is 0.533. The second kappa shape index (κ2) is 6.68. The summed E-state index contributed by atoms with van der Waals surface area (Å²) in [5, 5.41) is 12.0. The topological polar surface area (TPSA) is 58.6 Å². The van der Waals surface area contributed by atoms with Gasteiger partial charge < -0.3 is 15.2 Å². The highest BCUT2D eigenvalue weighted by molar-refractivity contribution is 5.79. The lowest BCUT2D eigenvalue weighted by Crippen LogP contribution is -2.39. The van der Waals surface area contributed by atoms with Crippen molar-refractivity contribution in [3.05, 3.63) is 35.4 Å². The van der Waals surface area contributed by atoms with Crippen molar-refractivity contribution in [2.24, 2.45) is 5.92 Å².